The van der Waals surface area contributed by atoms with Crippen molar-refractivity contribution < 1.29 is 0 Å². The molecule has 1 heterocycles. The molecule has 3 aromatic rings. The van der Waals surface area contributed by atoms with Crippen molar-refractivity contribution in [3.05, 3.63) is 100 Å². The highest BCUT2D eigenvalue weighted by Gasteiger charge is 2.15. The van der Waals surface area contributed by atoms with Crippen LogP contribution in [0.5, 0.6) is 0 Å². The van der Waals surface area contributed by atoms with Gasteiger partial charge in [-0.1, -0.05) is 97.9 Å². The van der Waals surface area contributed by atoms with Crippen LogP contribution in [0.15, 0.2) is 88.1 Å². The van der Waals surface area contributed by atoms with Gasteiger partial charge in [0.05, 0.1) is 0 Å². The van der Waals surface area contributed by atoms with Gasteiger partial charge in [0.2, 0.25) is 0 Å². The van der Waals surface area contributed by atoms with Crippen LogP contribution in [0.25, 0.3) is 0 Å². The summed E-state index contributed by atoms with van der Waals surface area (Å²) in [5.41, 5.74) is 11.5. The summed E-state index contributed by atoms with van der Waals surface area (Å²) >= 11 is 0. The van der Waals surface area contributed by atoms with Crippen LogP contribution in [0, 0.1) is 0 Å². The second-order valence-electron chi connectivity index (χ2n) is 13.0. The third-order valence-electron chi connectivity index (χ3n) is 7.54. The third-order valence-corrected chi connectivity index (χ3v) is 7.54. The highest BCUT2D eigenvalue weighted by Crippen LogP contribution is 2.34. The first-order valence-corrected chi connectivity index (χ1v) is 16.0. The number of nitrogens with one attached hydrogen (secondary N) is 2. The first-order valence-electron chi connectivity index (χ1n) is 16.0. The fourth-order valence-electron chi connectivity index (χ4n) is 5.45. The summed E-state index contributed by atoms with van der Waals surface area (Å²) in [5.74, 6) is 2.99. The van der Waals surface area contributed by atoms with Crippen LogP contribution in [-0.4, -0.2) is 16.4 Å². The molecule has 0 atom stereocenters. The predicted octanol–water partition coefficient (Wildman–Crippen LogP) is 11.8. The third kappa shape index (κ3) is 9.51. The van der Waals surface area contributed by atoms with E-state index in [4.69, 9.17) is 15.0 Å². The van der Waals surface area contributed by atoms with Gasteiger partial charge in [-0.05, 0) is 97.9 Å². The number of aliphatic imine (C=N–C) groups is 2. The van der Waals surface area contributed by atoms with Gasteiger partial charge in [-0.15, -0.1) is 0 Å². The van der Waals surface area contributed by atoms with Gasteiger partial charge in [0.1, 0.15) is 0 Å². The van der Waals surface area contributed by atoms with E-state index >= 15 is 0 Å². The number of hydrogen-bond donors (Lipinski definition) is 2. The molecule has 0 aliphatic rings. The van der Waals surface area contributed by atoms with Gasteiger partial charge in [0, 0.05) is 34.2 Å². The van der Waals surface area contributed by atoms with Crippen LogP contribution in [0.3, 0.4) is 0 Å². The van der Waals surface area contributed by atoms with Gasteiger partial charge in [-0.25, -0.2) is 15.0 Å². The molecule has 0 saturated carbocycles. The second kappa shape index (κ2) is 15.7. The van der Waals surface area contributed by atoms with Crippen LogP contribution in [0.4, 0.5) is 23.0 Å². The first-order chi connectivity index (χ1) is 20.8. The van der Waals surface area contributed by atoms with Crippen LogP contribution in [-0.2, 0) is 0 Å². The molecule has 0 spiro atoms. The number of benzene rings is 2. The molecule has 44 heavy (non-hydrogen) atoms. The number of nitrogens with zero attached hydrogens (tertiary/aromatic N) is 3. The molecule has 234 valence electrons. The average Bonchev–Trinajstić information content (AvgIpc) is 2.92. The topological polar surface area (TPSA) is 61.7 Å². The summed E-state index contributed by atoms with van der Waals surface area (Å²) in [6.45, 7) is 26.1. The quantitative estimate of drug-likeness (QED) is 0.206. The summed E-state index contributed by atoms with van der Waals surface area (Å²) in [4.78, 5) is 14.3. The minimum absolute atomic E-state index is 0.428. The molecule has 0 aliphatic carbocycles. The summed E-state index contributed by atoms with van der Waals surface area (Å²) in [7, 11) is 0. The molecule has 2 N–H and O–H groups in total. The van der Waals surface area contributed by atoms with Crippen LogP contribution in [0.2, 0.25) is 0 Å². The van der Waals surface area contributed by atoms with E-state index in [-0.39, 0.29) is 0 Å². The van der Waals surface area contributed by atoms with E-state index in [2.05, 4.69) is 128 Å². The van der Waals surface area contributed by atoms with E-state index in [1.807, 2.05) is 32.0 Å². The molecule has 1 aromatic heterocycles. The monoisotopic (exact) mass is 591 g/mol. The van der Waals surface area contributed by atoms with Crippen LogP contribution in [0.1, 0.15) is 129 Å². The molecule has 0 bridgehead atoms. The Morgan fingerprint density at radius 1 is 0.523 bits per heavy atom. The van der Waals surface area contributed by atoms with Gasteiger partial charge in [0.25, 0.3) is 0 Å². The molecule has 0 amide bonds. The predicted molar refractivity (Wildman–Crippen MR) is 194 cm³/mol. The number of allylic oxidation sites excluding steroid dienone is 4. The number of pyridine rings is 1. The zero-order chi connectivity index (χ0) is 32.6. The largest absolute Gasteiger partial charge is 0.359 e. The SMILES string of the molecule is CC(/C=C(\C)Nc1c(C(C)C)cccc1C(C)C)=Nc1cccc(/N=C(C)/C=C(\C)Nc2c(C(C)C)cccc2C(C)C)n1. The summed E-state index contributed by atoms with van der Waals surface area (Å²) in [6.07, 6.45) is 4.14. The van der Waals surface area contributed by atoms with E-state index in [0.29, 0.717) is 35.3 Å². The molecule has 0 radical (unpaired) electrons. The van der Waals surface area contributed by atoms with E-state index in [1.54, 1.807) is 0 Å². The Bertz CT molecular complexity index is 1390. The molecule has 0 fully saturated rings. The van der Waals surface area contributed by atoms with Crippen molar-refractivity contribution in [2.45, 2.75) is 107 Å². The fourth-order valence-corrected chi connectivity index (χ4v) is 5.45. The average molecular weight is 592 g/mol. The standard InChI is InChI=1S/C39H53N5/c1-24(2)32-16-13-17-33(25(3)4)38(32)42-30(11)22-28(9)40-36-20-15-21-37(44-36)41-29(10)23-31(12)43-39-34(26(5)6)18-14-19-35(39)27(7)8/h13-27,42-43H,1-12H3/b30-22+,31-23+,40-28+,41-29?. The van der Waals surface area contributed by atoms with Crippen molar-refractivity contribution in [1.82, 2.24) is 4.98 Å². The fraction of sp³-hybridized carbons (Fsp3) is 0.410. The Labute approximate surface area is 266 Å². The van der Waals surface area contributed by atoms with Crippen molar-refractivity contribution >= 4 is 34.4 Å². The molecule has 2 aromatic carbocycles. The van der Waals surface area contributed by atoms with E-state index in [0.717, 1.165) is 22.8 Å². The number of para-hydroxylation sites is 2. The van der Waals surface area contributed by atoms with Crippen molar-refractivity contribution in [2.24, 2.45) is 9.98 Å². The Kier molecular flexibility index (Phi) is 12.3. The lowest BCUT2D eigenvalue weighted by Crippen LogP contribution is -2.07. The molecule has 5 heteroatoms. The van der Waals surface area contributed by atoms with Gasteiger partial charge < -0.3 is 10.6 Å². The lowest BCUT2D eigenvalue weighted by Gasteiger charge is -2.21. The Balaban J connectivity index is 1.81. The highest BCUT2D eigenvalue weighted by atomic mass is 15.0. The summed E-state index contributed by atoms with van der Waals surface area (Å²) in [5, 5.41) is 7.35. The zero-order valence-corrected chi connectivity index (χ0v) is 29.0. The number of rotatable bonds is 12. The maximum Gasteiger partial charge on any atom is 0.154 e. The van der Waals surface area contributed by atoms with E-state index < -0.39 is 0 Å². The Morgan fingerprint density at radius 2 is 0.818 bits per heavy atom. The molecular formula is C39H53N5. The molecule has 3 rings (SSSR count). The number of aromatic nitrogens is 1. The minimum atomic E-state index is 0.428. The van der Waals surface area contributed by atoms with Gasteiger partial charge in [-0.3, -0.25) is 0 Å². The smallest absolute Gasteiger partial charge is 0.154 e. The first kappa shape index (κ1) is 34.5. The van der Waals surface area contributed by atoms with Crippen molar-refractivity contribution in [2.75, 3.05) is 10.6 Å². The summed E-state index contributed by atoms with van der Waals surface area (Å²) in [6, 6.07) is 19.0. The van der Waals surface area contributed by atoms with Crippen molar-refractivity contribution in [3.63, 3.8) is 0 Å². The van der Waals surface area contributed by atoms with Gasteiger partial charge >= 0.3 is 0 Å². The molecule has 0 aliphatic heterocycles. The number of anilines is 2. The Morgan fingerprint density at radius 3 is 1.11 bits per heavy atom. The van der Waals surface area contributed by atoms with E-state index in [9.17, 15) is 0 Å². The number of hydrogen-bond acceptors (Lipinski definition) is 5. The lowest BCUT2D eigenvalue weighted by molar-refractivity contribution is 0.837. The van der Waals surface area contributed by atoms with Crippen LogP contribution >= 0.6 is 0 Å². The molecule has 0 saturated heterocycles. The van der Waals surface area contributed by atoms with Gasteiger partial charge in [0.15, 0.2) is 11.6 Å². The molecule has 0 unspecified atom stereocenters. The maximum atomic E-state index is 4.78. The van der Waals surface area contributed by atoms with Crippen LogP contribution < -0.4 is 10.6 Å². The summed E-state index contributed by atoms with van der Waals surface area (Å²) < 4.78 is 0. The highest BCUT2D eigenvalue weighted by molar-refractivity contribution is 5.96. The van der Waals surface area contributed by atoms with Crippen molar-refractivity contribution in [1.29, 1.82) is 0 Å². The lowest BCUT2D eigenvalue weighted by atomic mass is 9.92. The molecular weight excluding hydrogens is 538 g/mol. The van der Waals surface area contributed by atoms with Crippen molar-refractivity contribution in [3.8, 4) is 0 Å². The second-order valence-corrected chi connectivity index (χ2v) is 13.0. The van der Waals surface area contributed by atoms with E-state index in [1.165, 1.54) is 33.6 Å². The maximum absolute atomic E-state index is 4.78. The Hall–Kier alpha value is -3.99. The van der Waals surface area contributed by atoms with Gasteiger partial charge in [-0.2, -0.15) is 0 Å². The zero-order valence-electron chi connectivity index (χ0n) is 29.0. The minimum Gasteiger partial charge on any atom is -0.359 e. The molecule has 5 nitrogen and oxygen atoms in total. The normalized spacial score (nSPS) is 13.5.